The molecule has 0 saturated carbocycles. The van der Waals surface area contributed by atoms with Crippen LogP contribution in [0.3, 0.4) is 0 Å². The summed E-state index contributed by atoms with van der Waals surface area (Å²) in [6.07, 6.45) is 1.25. The van der Waals surface area contributed by atoms with Crippen LogP contribution in [0.1, 0.15) is 34.1 Å². The summed E-state index contributed by atoms with van der Waals surface area (Å²) in [5.41, 5.74) is 6.27. The molecule has 3 nitrogen and oxygen atoms in total. The quantitative estimate of drug-likeness (QED) is 0.752. The first kappa shape index (κ1) is 13.9. The summed E-state index contributed by atoms with van der Waals surface area (Å²) in [6, 6.07) is 0.193. The van der Waals surface area contributed by atoms with Gasteiger partial charge in [0, 0.05) is 24.5 Å². The Balaban J connectivity index is 2.49. The van der Waals surface area contributed by atoms with Gasteiger partial charge in [-0.15, -0.1) is 0 Å². The molecule has 0 aromatic rings. The maximum Gasteiger partial charge on any atom is 0.0624 e. The summed E-state index contributed by atoms with van der Waals surface area (Å²) in [4.78, 5) is 2.52. The first-order valence-corrected chi connectivity index (χ1v) is 6.57. The zero-order valence-corrected chi connectivity index (χ0v) is 11.3. The van der Waals surface area contributed by atoms with Gasteiger partial charge in [-0.2, -0.15) is 0 Å². The van der Waals surface area contributed by atoms with E-state index in [-0.39, 0.29) is 11.5 Å². The van der Waals surface area contributed by atoms with Crippen molar-refractivity contribution in [1.29, 1.82) is 0 Å². The second-order valence-corrected chi connectivity index (χ2v) is 5.62. The Morgan fingerprint density at radius 3 is 2.62 bits per heavy atom. The van der Waals surface area contributed by atoms with Crippen molar-refractivity contribution < 1.29 is 4.74 Å². The van der Waals surface area contributed by atoms with Gasteiger partial charge in [0.15, 0.2) is 0 Å². The van der Waals surface area contributed by atoms with E-state index in [2.05, 4.69) is 32.6 Å². The van der Waals surface area contributed by atoms with Gasteiger partial charge in [-0.25, -0.2) is 0 Å². The highest BCUT2D eigenvalue weighted by molar-refractivity contribution is 4.92. The van der Waals surface area contributed by atoms with Gasteiger partial charge in [0.25, 0.3) is 0 Å². The average Bonchev–Trinajstić information content (AvgIpc) is 2.58. The second kappa shape index (κ2) is 5.99. The first-order chi connectivity index (χ1) is 7.51. The Hall–Kier alpha value is -0.120. The Kier molecular flexibility index (Phi) is 5.22. The lowest BCUT2D eigenvalue weighted by Crippen LogP contribution is -2.47. The minimum absolute atomic E-state index is 0.142. The van der Waals surface area contributed by atoms with Crippen LogP contribution < -0.4 is 5.73 Å². The van der Waals surface area contributed by atoms with E-state index in [1.807, 2.05) is 0 Å². The van der Waals surface area contributed by atoms with Crippen molar-refractivity contribution in [2.45, 2.75) is 40.2 Å². The van der Waals surface area contributed by atoms with Crippen LogP contribution in [-0.4, -0.2) is 43.8 Å². The van der Waals surface area contributed by atoms with Crippen LogP contribution in [0.4, 0.5) is 0 Å². The van der Waals surface area contributed by atoms with Crippen molar-refractivity contribution in [2.24, 2.45) is 17.1 Å². The van der Waals surface area contributed by atoms with Gasteiger partial charge in [0.1, 0.15) is 0 Å². The molecule has 96 valence electrons. The van der Waals surface area contributed by atoms with Crippen LogP contribution in [0, 0.1) is 11.3 Å². The van der Waals surface area contributed by atoms with E-state index in [4.69, 9.17) is 10.5 Å². The van der Waals surface area contributed by atoms with Crippen LogP contribution in [0.15, 0.2) is 0 Å². The Morgan fingerprint density at radius 2 is 2.19 bits per heavy atom. The summed E-state index contributed by atoms with van der Waals surface area (Å²) < 4.78 is 5.50. The molecule has 1 rings (SSSR count). The van der Waals surface area contributed by atoms with E-state index in [1.165, 1.54) is 13.0 Å². The van der Waals surface area contributed by atoms with E-state index in [0.29, 0.717) is 0 Å². The van der Waals surface area contributed by atoms with E-state index in [1.54, 1.807) is 0 Å². The number of hydrogen-bond donors (Lipinski definition) is 1. The normalized spacial score (nSPS) is 32.2. The van der Waals surface area contributed by atoms with Gasteiger partial charge < -0.3 is 15.4 Å². The topological polar surface area (TPSA) is 38.5 Å². The SMILES string of the molecule is CCC(C)CN(CC)CC1(C)COCC1N. The molecule has 1 saturated heterocycles. The van der Waals surface area contributed by atoms with Crippen molar-refractivity contribution in [3.05, 3.63) is 0 Å². The van der Waals surface area contributed by atoms with Gasteiger partial charge >= 0.3 is 0 Å². The van der Waals surface area contributed by atoms with E-state index >= 15 is 0 Å². The molecule has 0 aromatic carbocycles. The molecular formula is C13H28N2O. The largest absolute Gasteiger partial charge is 0.379 e. The number of hydrogen-bond acceptors (Lipinski definition) is 3. The smallest absolute Gasteiger partial charge is 0.0624 e. The predicted molar refractivity (Wildman–Crippen MR) is 68.5 cm³/mol. The van der Waals surface area contributed by atoms with Crippen molar-refractivity contribution in [3.63, 3.8) is 0 Å². The van der Waals surface area contributed by atoms with Gasteiger partial charge in [-0.3, -0.25) is 0 Å². The van der Waals surface area contributed by atoms with Gasteiger partial charge in [-0.1, -0.05) is 34.1 Å². The predicted octanol–water partition coefficient (Wildman–Crippen LogP) is 1.72. The highest BCUT2D eigenvalue weighted by atomic mass is 16.5. The summed E-state index contributed by atoms with van der Waals surface area (Å²) in [5, 5.41) is 0. The molecular weight excluding hydrogens is 200 g/mol. The zero-order valence-electron chi connectivity index (χ0n) is 11.3. The first-order valence-electron chi connectivity index (χ1n) is 6.57. The van der Waals surface area contributed by atoms with Crippen LogP contribution in [-0.2, 0) is 4.74 Å². The average molecular weight is 228 g/mol. The van der Waals surface area contributed by atoms with Crippen LogP contribution in [0.5, 0.6) is 0 Å². The highest BCUT2D eigenvalue weighted by Gasteiger charge is 2.38. The minimum atomic E-state index is 0.142. The summed E-state index contributed by atoms with van der Waals surface area (Å²) >= 11 is 0. The highest BCUT2D eigenvalue weighted by Crippen LogP contribution is 2.28. The summed E-state index contributed by atoms with van der Waals surface area (Å²) in [5.74, 6) is 0.766. The van der Waals surface area contributed by atoms with Gasteiger partial charge in [0.2, 0.25) is 0 Å². The molecule has 1 heterocycles. The number of ether oxygens (including phenoxy) is 1. The van der Waals surface area contributed by atoms with E-state index < -0.39 is 0 Å². The molecule has 3 unspecified atom stereocenters. The van der Waals surface area contributed by atoms with E-state index in [0.717, 1.165) is 32.2 Å². The lowest BCUT2D eigenvalue weighted by Gasteiger charge is -2.34. The molecule has 1 fully saturated rings. The molecule has 0 spiro atoms. The maximum atomic E-state index is 6.13. The molecule has 1 aliphatic rings. The maximum absolute atomic E-state index is 6.13. The molecule has 0 bridgehead atoms. The lowest BCUT2D eigenvalue weighted by atomic mass is 9.85. The van der Waals surface area contributed by atoms with E-state index in [9.17, 15) is 0 Å². The fourth-order valence-corrected chi connectivity index (χ4v) is 2.28. The molecule has 2 N–H and O–H groups in total. The van der Waals surface area contributed by atoms with Crippen molar-refractivity contribution in [3.8, 4) is 0 Å². The molecule has 3 heteroatoms. The number of nitrogens with zero attached hydrogens (tertiary/aromatic N) is 1. The Labute approximate surface area is 100 Å². The fourth-order valence-electron chi connectivity index (χ4n) is 2.28. The summed E-state index contributed by atoms with van der Waals surface area (Å²) in [6.45, 7) is 13.9. The molecule has 0 amide bonds. The van der Waals surface area contributed by atoms with Crippen molar-refractivity contribution in [1.82, 2.24) is 4.90 Å². The Morgan fingerprint density at radius 1 is 1.50 bits per heavy atom. The molecule has 0 aliphatic carbocycles. The standard InChI is InChI=1S/C13H28N2O/c1-5-11(3)7-15(6-2)9-13(4)10-16-8-12(13)14/h11-12H,5-10,14H2,1-4H3. The Bertz CT molecular complexity index is 210. The minimum Gasteiger partial charge on any atom is -0.379 e. The number of nitrogens with two attached hydrogens (primary N) is 1. The second-order valence-electron chi connectivity index (χ2n) is 5.62. The van der Waals surface area contributed by atoms with Crippen molar-refractivity contribution >= 4 is 0 Å². The molecule has 0 aromatic heterocycles. The van der Waals surface area contributed by atoms with Gasteiger partial charge in [0.05, 0.1) is 13.2 Å². The third-order valence-corrected chi connectivity index (χ3v) is 3.92. The van der Waals surface area contributed by atoms with Gasteiger partial charge in [-0.05, 0) is 12.5 Å². The third-order valence-electron chi connectivity index (χ3n) is 3.92. The van der Waals surface area contributed by atoms with Crippen LogP contribution >= 0.6 is 0 Å². The van der Waals surface area contributed by atoms with Crippen LogP contribution in [0.25, 0.3) is 0 Å². The molecule has 3 atom stereocenters. The molecule has 1 aliphatic heterocycles. The fraction of sp³-hybridized carbons (Fsp3) is 1.00. The monoisotopic (exact) mass is 228 g/mol. The zero-order chi connectivity index (χ0) is 12.2. The molecule has 0 radical (unpaired) electrons. The van der Waals surface area contributed by atoms with Crippen molar-refractivity contribution in [2.75, 3.05) is 32.8 Å². The lowest BCUT2D eigenvalue weighted by molar-refractivity contribution is 0.113. The van der Waals surface area contributed by atoms with Crippen LogP contribution in [0.2, 0.25) is 0 Å². The molecule has 16 heavy (non-hydrogen) atoms. The summed E-state index contributed by atoms with van der Waals surface area (Å²) in [7, 11) is 0. The third kappa shape index (κ3) is 3.44. The number of rotatable bonds is 6.